The van der Waals surface area contributed by atoms with Gasteiger partial charge in [0.1, 0.15) is 18.2 Å². The molecule has 0 saturated carbocycles. The smallest absolute Gasteiger partial charge is 0.180 e. The van der Waals surface area contributed by atoms with E-state index < -0.39 is 5.92 Å². The molecule has 4 rings (SSSR count). The number of carbonyl (C=O) groups is 1. The van der Waals surface area contributed by atoms with E-state index >= 15 is 0 Å². The maximum absolute atomic E-state index is 13.5. The van der Waals surface area contributed by atoms with Gasteiger partial charge in [0.05, 0.1) is 29.2 Å². The molecule has 8 heteroatoms. The molecule has 0 amide bonds. The maximum Gasteiger partial charge on any atom is 0.180 e. The molecule has 176 valence electrons. The van der Waals surface area contributed by atoms with Gasteiger partial charge in [-0.2, -0.15) is 5.26 Å². The monoisotopic (exact) mass is 481 g/mol. The van der Waals surface area contributed by atoms with Gasteiger partial charge in [0.2, 0.25) is 0 Å². The lowest BCUT2D eigenvalue weighted by atomic mass is 9.76. The van der Waals surface area contributed by atoms with Gasteiger partial charge in [0, 0.05) is 24.7 Å². The topological polar surface area (TPSA) is 88.6 Å². The average molecular weight is 482 g/mol. The Balaban J connectivity index is 1.78. The van der Waals surface area contributed by atoms with Gasteiger partial charge in [-0.3, -0.25) is 4.79 Å². The highest BCUT2D eigenvalue weighted by molar-refractivity contribution is 6.32. The van der Waals surface area contributed by atoms with Crippen LogP contribution in [-0.4, -0.2) is 24.3 Å². The Bertz CT molecular complexity index is 1250. The van der Waals surface area contributed by atoms with E-state index in [1.807, 2.05) is 6.92 Å². The minimum absolute atomic E-state index is 0.00105. The molecule has 0 unspecified atom stereocenters. The highest BCUT2D eigenvalue weighted by atomic mass is 35.5. The molecule has 2 aromatic rings. The summed E-state index contributed by atoms with van der Waals surface area (Å²) in [6, 6.07) is 11.7. The van der Waals surface area contributed by atoms with Crippen molar-refractivity contribution in [2.24, 2.45) is 5.73 Å². The fourth-order valence-corrected chi connectivity index (χ4v) is 4.81. The first-order chi connectivity index (χ1) is 16.3. The Morgan fingerprint density at radius 2 is 2.06 bits per heavy atom. The third-order valence-electron chi connectivity index (χ3n) is 6.11. The standard InChI is InChI=1S/C26H25ClFN3O3/c1-3-33-22-12-16(11-19(27)25(22)34-14-15-6-4-7-17(28)10-15)23-18(13-29)26(30)31(2)20-8-5-9-21(32)24(20)23/h4,6-7,10-12,23H,3,5,8-9,14,30H2,1-2H3/t23-/m0/s1. The van der Waals surface area contributed by atoms with Crippen LogP contribution in [0.4, 0.5) is 4.39 Å². The first kappa shape index (κ1) is 23.7. The molecule has 0 radical (unpaired) electrons. The average Bonchev–Trinajstić information content (AvgIpc) is 2.81. The number of benzene rings is 2. The van der Waals surface area contributed by atoms with Crippen molar-refractivity contribution in [3.05, 3.63) is 81.0 Å². The fraction of sp³-hybridized carbons (Fsp3) is 0.308. The minimum atomic E-state index is -0.641. The normalized spacial score (nSPS) is 18.0. The number of nitrogens with zero attached hydrogens (tertiary/aromatic N) is 2. The lowest BCUT2D eigenvalue weighted by Crippen LogP contribution is -2.36. The van der Waals surface area contributed by atoms with Crippen LogP contribution in [0.15, 0.2) is 59.1 Å². The molecule has 1 atom stereocenters. The molecule has 0 fully saturated rings. The van der Waals surface area contributed by atoms with Gasteiger partial charge in [0.25, 0.3) is 0 Å². The van der Waals surface area contributed by atoms with Crippen LogP contribution in [-0.2, 0) is 11.4 Å². The third-order valence-corrected chi connectivity index (χ3v) is 6.39. The second-order valence-electron chi connectivity index (χ2n) is 8.22. The van der Waals surface area contributed by atoms with Crippen molar-refractivity contribution in [1.82, 2.24) is 4.90 Å². The van der Waals surface area contributed by atoms with Gasteiger partial charge in [-0.05, 0) is 55.2 Å². The molecule has 1 heterocycles. The molecular weight excluding hydrogens is 457 g/mol. The van der Waals surface area contributed by atoms with Crippen LogP contribution in [0.2, 0.25) is 5.02 Å². The van der Waals surface area contributed by atoms with Crippen LogP contribution in [0.25, 0.3) is 0 Å². The summed E-state index contributed by atoms with van der Waals surface area (Å²) in [5.41, 5.74) is 9.29. The van der Waals surface area contributed by atoms with Crippen molar-refractivity contribution in [3.8, 4) is 17.6 Å². The SMILES string of the molecule is CCOc1cc([C@H]2C(C#N)=C(N)N(C)C3=C2C(=O)CCC3)cc(Cl)c1OCc1cccc(F)c1. The van der Waals surface area contributed by atoms with Crippen LogP contribution in [0, 0.1) is 17.1 Å². The summed E-state index contributed by atoms with van der Waals surface area (Å²) in [6.45, 7) is 2.27. The number of hydrogen-bond donors (Lipinski definition) is 1. The molecule has 2 N–H and O–H groups in total. The Morgan fingerprint density at radius 3 is 2.76 bits per heavy atom. The number of rotatable bonds is 6. The maximum atomic E-state index is 13.5. The Hall–Kier alpha value is -3.50. The fourth-order valence-electron chi connectivity index (χ4n) is 4.54. The molecule has 0 spiro atoms. The predicted octanol–water partition coefficient (Wildman–Crippen LogP) is 5.19. The van der Waals surface area contributed by atoms with Gasteiger partial charge in [-0.25, -0.2) is 4.39 Å². The van der Waals surface area contributed by atoms with Crippen molar-refractivity contribution in [2.75, 3.05) is 13.7 Å². The van der Waals surface area contributed by atoms with Gasteiger partial charge >= 0.3 is 0 Å². The quantitative estimate of drug-likeness (QED) is 0.611. The van der Waals surface area contributed by atoms with E-state index in [4.69, 9.17) is 26.8 Å². The number of ether oxygens (including phenoxy) is 2. The van der Waals surface area contributed by atoms with Crippen LogP contribution >= 0.6 is 11.6 Å². The van der Waals surface area contributed by atoms with Crippen LogP contribution in [0.5, 0.6) is 11.5 Å². The van der Waals surface area contributed by atoms with Gasteiger partial charge in [-0.1, -0.05) is 23.7 Å². The lowest BCUT2D eigenvalue weighted by molar-refractivity contribution is -0.116. The van der Waals surface area contributed by atoms with E-state index in [0.717, 1.165) is 12.1 Å². The number of halogens is 2. The summed E-state index contributed by atoms with van der Waals surface area (Å²) >= 11 is 6.63. The molecule has 2 aromatic carbocycles. The Kier molecular flexibility index (Phi) is 6.80. The highest BCUT2D eigenvalue weighted by Gasteiger charge is 2.39. The van der Waals surface area contributed by atoms with Gasteiger partial charge < -0.3 is 20.1 Å². The van der Waals surface area contributed by atoms with Crippen LogP contribution in [0.1, 0.15) is 43.2 Å². The molecule has 0 saturated heterocycles. The molecule has 1 aliphatic carbocycles. The molecule has 6 nitrogen and oxygen atoms in total. The first-order valence-electron chi connectivity index (χ1n) is 11.1. The number of allylic oxidation sites excluding steroid dienone is 3. The van der Waals surface area contributed by atoms with Crippen molar-refractivity contribution in [3.63, 3.8) is 0 Å². The molecule has 0 aromatic heterocycles. The number of nitriles is 1. The second kappa shape index (κ2) is 9.78. The molecule has 34 heavy (non-hydrogen) atoms. The van der Waals surface area contributed by atoms with E-state index in [9.17, 15) is 14.4 Å². The molecular formula is C26H25ClFN3O3. The first-order valence-corrected chi connectivity index (χ1v) is 11.5. The van der Waals surface area contributed by atoms with Crippen molar-refractivity contribution >= 4 is 17.4 Å². The van der Waals surface area contributed by atoms with Crippen molar-refractivity contribution < 1.29 is 18.7 Å². The summed E-state index contributed by atoms with van der Waals surface area (Å²) in [5, 5.41) is 10.2. The van der Waals surface area contributed by atoms with E-state index in [-0.39, 0.29) is 23.2 Å². The summed E-state index contributed by atoms with van der Waals surface area (Å²) in [4.78, 5) is 14.7. The van der Waals surface area contributed by atoms with Crippen LogP contribution < -0.4 is 15.2 Å². The Labute approximate surface area is 203 Å². The molecule has 2 aliphatic rings. The van der Waals surface area contributed by atoms with E-state index in [0.29, 0.717) is 59.0 Å². The number of Topliss-reactive ketones (excluding diaryl/α,β-unsaturated/α-hetero) is 1. The summed E-state index contributed by atoms with van der Waals surface area (Å²) in [7, 11) is 1.78. The highest BCUT2D eigenvalue weighted by Crippen LogP contribution is 2.47. The zero-order chi connectivity index (χ0) is 24.4. The van der Waals surface area contributed by atoms with Crippen molar-refractivity contribution in [1.29, 1.82) is 5.26 Å². The zero-order valence-electron chi connectivity index (χ0n) is 19.0. The third kappa shape index (κ3) is 4.34. The van der Waals surface area contributed by atoms with Crippen molar-refractivity contribution in [2.45, 2.75) is 38.7 Å². The largest absolute Gasteiger partial charge is 0.490 e. The minimum Gasteiger partial charge on any atom is -0.490 e. The van der Waals surface area contributed by atoms with E-state index in [1.54, 1.807) is 36.2 Å². The van der Waals surface area contributed by atoms with E-state index in [2.05, 4.69) is 6.07 Å². The van der Waals surface area contributed by atoms with E-state index in [1.165, 1.54) is 12.1 Å². The van der Waals surface area contributed by atoms with Crippen LogP contribution in [0.3, 0.4) is 0 Å². The summed E-state index contributed by atoms with van der Waals surface area (Å²) in [6.07, 6.45) is 1.86. The van der Waals surface area contributed by atoms with Gasteiger partial charge in [0.15, 0.2) is 17.3 Å². The Morgan fingerprint density at radius 1 is 1.26 bits per heavy atom. The number of carbonyl (C=O) groups excluding carboxylic acids is 1. The summed E-state index contributed by atoms with van der Waals surface area (Å²) in [5.74, 6) is 0.00784. The lowest BCUT2D eigenvalue weighted by Gasteiger charge is -2.37. The molecule has 1 aliphatic heterocycles. The second-order valence-corrected chi connectivity index (χ2v) is 8.63. The van der Waals surface area contributed by atoms with Gasteiger partial charge in [-0.15, -0.1) is 0 Å². The summed E-state index contributed by atoms with van der Waals surface area (Å²) < 4.78 is 25.3. The molecule has 0 bridgehead atoms. The number of hydrogen-bond acceptors (Lipinski definition) is 6. The number of ketones is 1. The number of nitrogens with two attached hydrogens (primary N) is 1. The predicted molar refractivity (Wildman–Crippen MR) is 127 cm³/mol. The zero-order valence-corrected chi connectivity index (χ0v) is 19.8.